The zero-order valence-corrected chi connectivity index (χ0v) is 14.7. The highest BCUT2D eigenvalue weighted by atomic mass is 79.9. The van der Waals surface area contributed by atoms with Gasteiger partial charge in [0.15, 0.2) is 0 Å². The number of halogens is 2. The fourth-order valence-corrected chi connectivity index (χ4v) is 2.61. The van der Waals surface area contributed by atoms with Gasteiger partial charge in [-0.15, -0.1) is 0 Å². The number of anilines is 4. The Morgan fingerprint density at radius 3 is 2.57 bits per heavy atom. The maximum Gasteiger partial charge on any atom is 0.229 e. The Kier molecular flexibility index (Phi) is 4.79. The minimum Gasteiger partial charge on any atom is -0.340 e. The van der Waals surface area contributed by atoms with Gasteiger partial charge in [0, 0.05) is 21.4 Å². The molecule has 2 N–H and O–H groups in total. The van der Waals surface area contributed by atoms with E-state index in [4.69, 9.17) is 11.6 Å². The van der Waals surface area contributed by atoms with Crippen molar-refractivity contribution in [2.45, 2.75) is 6.92 Å². The lowest BCUT2D eigenvalue weighted by molar-refractivity contribution is 1.16. The van der Waals surface area contributed by atoms with Crippen molar-refractivity contribution in [2.24, 2.45) is 0 Å². The molecule has 0 atom stereocenters. The van der Waals surface area contributed by atoms with Gasteiger partial charge in [0.2, 0.25) is 5.95 Å². The second-order valence-electron chi connectivity index (χ2n) is 4.91. The van der Waals surface area contributed by atoms with Crippen molar-refractivity contribution in [3.8, 4) is 0 Å². The van der Waals surface area contributed by atoms with E-state index < -0.39 is 0 Å². The zero-order valence-electron chi connectivity index (χ0n) is 12.3. The number of para-hydroxylation sites is 1. The van der Waals surface area contributed by atoms with Crippen molar-refractivity contribution in [1.82, 2.24) is 9.97 Å². The molecule has 2 aromatic carbocycles. The molecule has 0 unspecified atom stereocenters. The molecule has 23 heavy (non-hydrogen) atoms. The molecule has 0 aliphatic carbocycles. The Morgan fingerprint density at radius 1 is 0.957 bits per heavy atom. The van der Waals surface area contributed by atoms with Gasteiger partial charge in [-0.2, -0.15) is 4.98 Å². The lowest BCUT2D eigenvalue weighted by Gasteiger charge is -2.11. The highest BCUT2D eigenvalue weighted by Gasteiger charge is 2.06. The molecule has 0 amide bonds. The van der Waals surface area contributed by atoms with Crippen LogP contribution in [0.3, 0.4) is 0 Å². The predicted octanol–water partition coefficient (Wildman–Crippen LogP) is 5.69. The van der Waals surface area contributed by atoms with E-state index in [1.807, 2.05) is 55.5 Å². The van der Waals surface area contributed by atoms with Crippen LogP contribution in [0.1, 0.15) is 5.56 Å². The number of hydrogen-bond acceptors (Lipinski definition) is 4. The standard InChI is InChI=1S/C17H14BrClN4/c1-11-13(19)6-4-8-14(11)21-16-9-10-20-17(23-16)22-15-7-3-2-5-12(15)18/h2-10H,1H3,(H2,20,21,22,23). The molecule has 0 saturated heterocycles. The summed E-state index contributed by atoms with van der Waals surface area (Å²) < 4.78 is 0.952. The van der Waals surface area contributed by atoms with Crippen LogP contribution in [-0.2, 0) is 0 Å². The van der Waals surface area contributed by atoms with Crippen LogP contribution in [0.25, 0.3) is 0 Å². The van der Waals surface area contributed by atoms with E-state index in [-0.39, 0.29) is 0 Å². The van der Waals surface area contributed by atoms with Crippen molar-refractivity contribution in [1.29, 1.82) is 0 Å². The minimum absolute atomic E-state index is 0.515. The average molecular weight is 390 g/mol. The van der Waals surface area contributed by atoms with Crippen LogP contribution in [0.2, 0.25) is 5.02 Å². The summed E-state index contributed by atoms with van der Waals surface area (Å²) in [5.41, 5.74) is 2.81. The molecule has 0 radical (unpaired) electrons. The maximum absolute atomic E-state index is 6.15. The van der Waals surface area contributed by atoms with Gasteiger partial charge in [-0.25, -0.2) is 4.98 Å². The molecule has 4 nitrogen and oxygen atoms in total. The second-order valence-corrected chi connectivity index (χ2v) is 6.17. The molecule has 0 saturated carbocycles. The Labute approximate surface area is 148 Å². The van der Waals surface area contributed by atoms with Crippen LogP contribution in [0.5, 0.6) is 0 Å². The third-order valence-corrected chi connectivity index (χ3v) is 4.41. The van der Waals surface area contributed by atoms with E-state index in [1.54, 1.807) is 6.20 Å². The van der Waals surface area contributed by atoms with Crippen molar-refractivity contribution >= 4 is 50.7 Å². The van der Waals surface area contributed by atoms with Crippen LogP contribution >= 0.6 is 27.5 Å². The van der Waals surface area contributed by atoms with E-state index in [9.17, 15) is 0 Å². The Morgan fingerprint density at radius 2 is 1.74 bits per heavy atom. The van der Waals surface area contributed by atoms with Gasteiger partial charge >= 0.3 is 0 Å². The monoisotopic (exact) mass is 388 g/mol. The Bertz CT molecular complexity index is 838. The lowest BCUT2D eigenvalue weighted by atomic mass is 10.2. The van der Waals surface area contributed by atoms with Gasteiger partial charge < -0.3 is 10.6 Å². The summed E-state index contributed by atoms with van der Waals surface area (Å²) in [6.45, 7) is 1.96. The highest BCUT2D eigenvalue weighted by Crippen LogP contribution is 2.27. The van der Waals surface area contributed by atoms with E-state index in [2.05, 4.69) is 36.5 Å². The SMILES string of the molecule is Cc1c(Cl)cccc1Nc1ccnc(Nc2ccccc2Br)n1. The summed E-state index contributed by atoms with van der Waals surface area (Å²) in [5, 5.41) is 7.17. The van der Waals surface area contributed by atoms with Gasteiger partial charge in [-0.1, -0.05) is 29.8 Å². The second kappa shape index (κ2) is 6.98. The molecule has 116 valence electrons. The lowest BCUT2D eigenvalue weighted by Crippen LogP contribution is -2.01. The molecule has 3 aromatic rings. The number of nitrogens with one attached hydrogen (secondary N) is 2. The van der Waals surface area contributed by atoms with Gasteiger partial charge in [0.05, 0.1) is 5.69 Å². The third kappa shape index (κ3) is 3.81. The fourth-order valence-electron chi connectivity index (χ4n) is 2.05. The fraction of sp³-hybridized carbons (Fsp3) is 0.0588. The normalized spacial score (nSPS) is 10.4. The number of benzene rings is 2. The third-order valence-electron chi connectivity index (χ3n) is 3.31. The molecule has 0 aliphatic rings. The van der Waals surface area contributed by atoms with Crippen molar-refractivity contribution in [3.63, 3.8) is 0 Å². The Balaban J connectivity index is 1.83. The first kappa shape index (κ1) is 15.8. The van der Waals surface area contributed by atoms with Crippen molar-refractivity contribution in [2.75, 3.05) is 10.6 Å². The molecular formula is C17H14BrClN4. The van der Waals surface area contributed by atoms with Crippen LogP contribution in [0.15, 0.2) is 59.2 Å². The van der Waals surface area contributed by atoms with E-state index in [1.165, 1.54) is 0 Å². The largest absolute Gasteiger partial charge is 0.340 e. The zero-order chi connectivity index (χ0) is 16.2. The summed E-state index contributed by atoms with van der Waals surface area (Å²) in [5.74, 6) is 1.21. The average Bonchev–Trinajstić information content (AvgIpc) is 2.55. The Hall–Kier alpha value is -2.11. The summed E-state index contributed by atoms with van der Waals surface area (Å²) in [6, 6.07) is 15.4. The van der Waals surface area contributed by atoms with E-state index in [0.29, 0.717) is 11.8 Å². The first-order valence-corrected chi connectivity index (χ1v) is 8.17. The van der Waals surface area contributed by atoms with Gasteiger partial charge in [0.1, 0.15) is 5.82 Å². The highest BCUT2D eigenvalue weighted by molar-refractivity contribution is 9.10. The number of hydrogen-bond donors (Lipinski definition) is 2. The van der Waals surface area contributed by atoms with E-state index in [0.717, 1.165) is 26.4 Å². The molecule has 0 bridgehead atoms. The summed E-state index contributed by atoms with van der Waals surface area (Å²) in [7, 11) is 0. The molecule has 1 heterocycles. The van der Waals surface area contributed by atoms with Crippen LogP contribution in [0, 0.1) is 6.92 Å². The maximum atomic E-state index is 6.15. The van der Waals surface area contributed by atoms with E-state index >= 15 is 0 Å². The smallest absolute Gasteiger partial charge is 0.229 e. The van der Waals surface area contributed by atoms with Gasteiger partial charge in [-0.3, -0.25) is 0 Å². The van der Waals surface area contributed by atoms with Crippen LogP contribution < -0.4 is 10.6 Å². The molecule has 1 aromatic heterocycles. The van der Waals surface area contributed by atoms with Crippen molar-refractivity contribution < 1.29 is 0 Å². The number of rotatable bonds is 4. The molecule has 0 fully saturated rings. The number of nitrogens with zero attached hydrogens (tertiary/aromatic N) is 2. The van der Waals surface area contributed by atoms with Gasteiger partial charge in [0.25, 0.3) is 0 Å². The quantitative estimate of drug-likeness (QED) is 0.602. The first-order chi connectivity index (χ1) is 11.1. The number of aromatic nitrogens is 2. The molecular weight excluding hydrogens is 376 g/mol. The summed E-state index contributed by atoms with van der Waals surface area (Å²) >= 11 is 9.64. The summed E-state index contributed by atoms with van der Waals surface area (Å²) in [4.78, 5) is 8.73. The van der Waals surface area contributed by atoms with Gasteiger partial charge in [-0.05, 0) is 58.7 Å². The van der Waals surface area contributed by atoms with Crippen molar-refractivity contribution in [3.05, 3.63) is 69.8 Å². The van der Waals surface area contributed by atoms with Crippen LogP contribution in [-0.4, -0.2) is 9.97 Å². The summed E-state index contributed by atoms with van der Waals surface area (Å²) in [6.07, 6.45) is 1.70. The molecule has 6 heteroatoms. The molecule has 0 aliphatic heterocycles. The first-order valence-electron chi connectivity index (χ1n) is 7.00. The van der Waals surface area contributed by atoms with Crippen LogP contribution in [0.4, 0.5) is 23.1 Å². The predicted molar refractivity (Wildman–Crippen MR) is 98.9 cm³/mol. The minimum atomic E-state index is 0.515. The molecule has 3 rings (SSSR count). The molecule has 0 spiro atoms. The topological polar surface area (TPSA) is 49.8 Å².